The maximum absolute atomic E-state index is 12.5. The number of aromatic nitrogens is 2. The summed E-state index contributed by atoms with van der Waals surface area (Å²) in [7, 11) is 0. The summed E-state index contributed by atoms with van der Waals surface area (Å²) >= 11 is 5.91. The third-order valence-electron chi connectivity index (χ3n) is 6.31. The Hall–Kier alpha value is -2.34. The van der Waals surface area contributed by atoms with E-state index < -0.39 is 0 Å². The van der Waals surface area contributed by atoms with E-state index >= 15 is 0 Å². The van der Waals surface area contributed by atoms with Gasteiger partial charge in [0.05, 0.1) is 0 Å². The Morgan fingerprint density at radius 3 is 2.00 bits per heavy atom. The van der Waals surface area contributed by atoms with Crippen molar-refractivity contribution in [1.29, 1.82) is 0 Å². The molecule has 1 aromatic carbocycles. The molecule has 0 aliphatic carbocycles. The van der Waals surface area contributed by atoms with E-state index in [0.29, 0.717) is 11.6 Å². The highest BCUT2D eigenvalue weighted by atomic mass is 35.5. The molecule has 7 heteroatoms. The number of hydrogen-bond acceptors (Lipinski definition) is 5. The Labute approximate surface area is 183 Å². The molecule has 0 saturated carbocycles. The van der Waals surface area contributed by atoms with Crippen molar-refractivity contribution in [2.75, 3.05) is 36.0 Å². The van der Waals surface area contributed by atoms with Gasteiger partial charge >= 0.3 is 0 Å². The summed E-state index contributed by atoms with van der Waals surface area (Å²) in [6.45, 7) is 6.63. The van der Waals surface area contributed by atoms with Gasteiger partial charge in [0.1, 0.15) is 0 Å². The van der Waals surface area contributed by atoms with Gasteiger partial charge in [0.2, 0.25) is 5.91 Å². The standard InChI is InChI=1S/C23H30ClN5O/c1-17-8-12-28(13-9-17)21-6-7-22(27-26-21)29-14-10-19(11-15-29)23(30)25-16-18-2-4-20(24)5-3-18/h2-7,17,19H,8-16H2,1H3,(H,25,30). The minimum atomic E-state index is 0.0520. The smallest absolute Gasteiger partial charge is 0.223 e. The average Bonchev–Trinajstić information content (AvgIpc) is 2.79. The Balaban J connectivity index is 1.24. The van der Waals surface area contributed by atoms with Crippen molar-refractivity contribution in [1.82, 2.24) is 15.5 Å². The zero-order valence-corrected chi connectivity index (χ0v) is 18.3. The van der Waals surface area contributed by atoms with Crippen LogP contribution in [0, 0.1) is 11.8 Å². The molecular weight excluding hydrogens is 398 g/mol. The van der Waals surface area contributed by atoms with Crippen molar-refractivity contribution >= 4 is 29.1 Å². The third-order valence-corrected chi connectivity index (χ3v) is 6.57. The highest BCUT2D eigenvalue weighted by molar-refractivity contribution is 6.30. The Kier molecular flexibility index (Phi) is 6.72. The van der Waals surface area contributed by atoms with E-state index in [1.54, 1.807) is 0 Å². The summed E-state index contributed by atoms with van der Waals surface area (Å²) in [6, 6.07) is 11.7. The quantitative estimate of drug-likeness (QED) is 0.784. The number of carbonyl (C=O) groups is 1. The Bertz CT molecular complexity index is 826. The van der Waals surface area contributed by atoms with Crippen LogP contribution in [0.15, 0.2) is 36.4 Å². The highest BCUT2D eigenvalue weighted by Crippen LogP contribution is 2.25. The third kappa shape index (κ3) is 5.22. The zero-order valence-electron chi connectivity index (χ0n) is 17.6. The van der Waals surface area contributed by atoms with E-state index in [0.717, 1.165) is 62.1 Å². The normalized spacial score (nSPS) is 18.5. The molecule has 2 aliphatic rings. The van der Waals surface area contributed by atoms with Crippen LogP contribution in [0.1, 0.15) is 38.2 Å². The lowest BCUT2D eigenvalue weighted by atomic mass is 9.96. The van der Waals surface area contributed by atoms with E-state index in [9.17, 15) is 4.79 Å². The first-order valence-electron chi connectivity index (χ1n) is 10.9. The van der Waals surface area contributed by atoms with Crippen molar-refractivity contribution in [3.63, 3.8) is 0 Å². The predicted molar refractivity (Wildman–Crippen MR) is 121 cm³/mol. The zero-order chi connectivity index (χ0) is 20.9. The molecule has 0 radical (unpaired) electrons. The van der Waals surface area contributed by atoms with E-state index in [1.165, 1.54) is 12.8 Å². The first-order valence-corrected chi connectivity index (χ1v) is 11.3. The number of nitrogens with zero attached hydrogens (tertiary/aromatic N) is 4. The van der Waals surface area contributed by atoms with Crippen LogP contribution in [0.2, 0.25) is 5.02 Å². The molecule has 1 aromatic heterocycles. The molecule has 6 nitrogen and oxygen atoms in total. The minimum Gasteiger partial charge on any atom is -0.355 e. The summed E-state index contributed by atoms with van der Waals surface area (Å²) in [6.07, 6.45) is 4.11. The second-order valence-electron chi connectivity index (χ2n) is 8.52. The van der Waals surface area contributed by atoms with Gasteiger partial charge < -0.3 is 15.1 Å². The van der Waals surface area contributed by atoms with Gasteiger partial charge in [-0.2, -0.15) is 0 Å². The van der Waals surface area contributed by atoms with Crippen LogP contribution in [-0.2, 0) is 11.3 Å². The van der Waals surface area contributed by atoms with Crippen LogP contribution in [0.3, 0.4) is 0 Å². The van der Waals surface area contributed by atoms with Gasteiger partial charge in [-0.05, 0) is 61.4 Å². The lowest BCUT2D eigenvalue weighted by Gasteiger charge is -2.33. The molecular formula is C23H30ClN5O. The van der Waals surface area contributed by atoms with Gasteiger partial charge in [0.25, 0.3) is 0 Å². The SMILES string of the molecule is CC1CCN(c2ccc(N3CCC(C(=O)NCc4ccc(Cl)cc4)CC3)nn2)CC1. The molecule has 2 aliphatic heterocycles. The van der Waals surface area contributed by atoms with Crippen molar-refractivity contribution in [2.24, 2.45) is 11.8 Å². The number of halogens is 1. The van der Waals surface area contributed by atoms with Crippen LogP contribution in [0.4, 0.5) is 11.6 Å². The van der Waals surface area contributed by atoms with Gasteiger partial charge in [0.15, 0.2) is 11.6 Å². The summed E-state index contributed by atoms with van der Waals surface area (Å²) in [5.74, 6) is 2.87. The van der Waals surface area contributed by atoms with Crippen molar-refractivity contribution in [3.8, 4) is 0 Å². The molecule has 2 fully saturated rings. The summed E-state index contributed by atoms with van der Waals surface area (Å²) in [4.78, 5) is 17.1. The fourth-order valence-electron chi connectivity index (χ4n) is 4.20. The largest absolute Gasteiger partial charge is 0.355 e. The minimum absolute atomic E-state index is 0.0520. The number of anilines is 2. The van der Waals surface area contributed by atoms with Crippen LogP contribution in [0.25, 0.3) is 0 Å². The van der Waals surface area contributed by atoms with Crippen molar-refractivity contribution in [2.45, 2.75) is 39.2 Å². The molecule has 2 saturated heterocycles. The predicted octanol–water partition coefficient (Wildman–Crippen LogP) is 3.90. The molecule has 2 aromatic rings. The van der Waals surface area contributed by atoms with Crippen molar-refractivity contribution in [3.05, 3.63) is 47.0 Å². The molecule has 1 N–H and O–H groups in total. The summed E-state index contributed by atoms with van der Waals surface area (Å²) < 4.78 is 0. The highest BCUT2D eigenvalue weighted by Gasteiger charge is 2.26. The molecule has 4 rings (SSSR count). The second kappa shape index (κ2) is 9.65. The number of nitrogens with one attached hydrogen (secondary N) is 1. The van der Waals surface area contributed by atoms with Gasteiger partial charge in [-0.25, -0.2) is 0 Å². The van der Waals surface area contributed by atoms with Crippen LogP contribution in [0.5, 0.6) is 0 Å². The molecule has 3 heterocycles. The van der Waals surface area contributed by atoms with E-state index in [4.69, 9.17) is 11.6 Å². The fraction of sp³-hybridized carbons (Fsp3) is 0.522. The molecule has 1 amide bonds. The van der Waals surface area contributed by atoms with Crippen LogP contribution in [-0.4, -0.2) is 42.3 Å². The van der Waals surface area contributed by atoms with Gasteiger partial charge in [0, 0.05) is 43.7 Å². The molecule has 0 atom stereocenters. The topological polar surface area (TPSA) is 61.4 Å². The van der Waals surface area contributed by atoms with Crippen molar-refractivity contribution < 1.29 is 4.79 Å². The molecule has 0 bridgehead atoms. The van der Waals surface area contributed by atoms with Crippen LogP contribution >= 0.6 is 11.6 Å². The molecule has 160 valence electrons. The molecule has 0 spiro atoms. The number of benzene rings is 1. The first kappa shape index (κ1) is 20.9. The first-order chi connectivity index (χ1) is 14.6. The number of piperidine rings is 2. The molecule has 0 unspecified atom stereocenters. The second-order valence-corrected chi connectivity index (χ2v) is 8.96. The lowest BCUT2D eigenvalue weighted by Crippen LogP contribution is -2.40. The molecule has 30 heavy (non-hydrogen) atoms. The number of amides is 1. The van der Waals surface area contributed by atoms with Gasteiger partial charge in [-0.1, -0.05) is 30.7 Å². The number of carbonyl (C=O) groups excluding carboxylic acids is 1. The maximum Gasteiger partial charge on any atom is 0.223 e. The van der Waals surface area contributed by atoms with Gasteiger partial charge in [-0.3, -0.25) is 4.79 Å². The Morgan fingerprint density at radius 1 is 0.933 bits per heavy atom. The monoisotopic (exact) mass is 427 g/mol. The van der Waals surface area contributed by atoms with Crippen LogP contribution < -0.4 is 15.1 Å². The maximum atomic E-state index is 12.5. The van der Waals surface area contributed by atoms with E-state index in [-0.39, 0.29) is 11.8 Å². The number of rotatable bonds is 5. The van der Waals surface area contributed by atoms with E-state index in [2.05, 4.69) is 44.4 Å². The van der Waals surface area contributed by atoms with E-state index in [1.807, 2.05) is 24.3 Å². The van der Waals surface area contributed by atoms with Gasteiger partial charge in [-0.15, -0.1) is 10.2 Å². The number of hydrogen-bond donors (Lipinski definition) is 1. The lowest BCUT2D eigenvalue weighted by molar-refractivity contribution is -0.125. The summed E-state index contributed by atoms with van der Waals surface area (Å²) in [5.41, 5.74) is 1.06. The Morgan fingerprint density at radius 2 is 1.47 bits per heavy atom. The fourth-order valence-corrected chi connectivity index (χ4v) is 4.33. The summed E-state index contributed by atoms with van der Waals surface area (Å²) in [5, 5.41) is 12.7. The average molecular weight is 428 g/mol.